The first-order valence-corrected chi connectivity index (χ1v) is 12.6. The third-order valence-electron chi connectivity index (χ3n) is 5.05. The number of nitrogens with two attached hydrogens (primary N) is 1. The highest BCUT2D eigenvalue weighted by Gasteiger charge is 2.09. The number of nitrogens with zero attached hydrogens (tertiary/aromatic N) is 1. The fraction of sp³-hybridized carbons (Fsp3) is 0.133. The van der Waals surface area contributed by atoms with Crippen LogP contribution in [-0.2, 0) is 26.2 Å². The fourth-order valence-electron chi connectivity index (χ4n) is 3.34. The molecule has 6 nitrogen and oxygen atoms in total. The normalized spacial score (nSPS) is 9.37. The van der Waals surface area contributed by atoms with E-state index >= 15 is 0 Å². The Kier molecular flexibility index (Phi) is 16.4. The average molecular weight is 549 g/mol. The van der Waals surface area contributed by atoms with Gasteiger partial charge in [0.05, 0.1) is 0 Å². The SMILES string of the molecule is N.NC(O)=S.OC(=S)N(Cc1ccccc1)Cc1ccccc1.c1ccc(CNCc2ccccc2)cc1. The van der Waals surface area contributed by atoms with Gasteiger partial charge in [-0.25, -0.2) is 0 Å². The predicted molar refractivity (Wildman–Crippen MR) is 165 cm³/mol. The maximum absolute atomic E-state index is 9.59. The summed E-state index contributed by atoms with van der Waals surface area (Å²) in [4.78, 5) is 1.78. The molecular weight excluding hydrogens is 512 g/mol. The first kappa shape index (κ1) is 32.2. The molecule has 0 amide bonds. The van der Waals surface area contributed by atoms with Crippen molar-refractivity contribution in [2.75, 3.05) is 0 Å². The number of nitrogens with one attached hydrogen (secondary N) is 1. The number of thiocarbonyl (C=S) groups is 2. The smallest absolute Gasteiger partial charge is 0.257 e. The van der Waals surface area contributed by atoms with Crippen molar-refractivity contribution in [1.29, 1.82) is 0 Å². The molecule has 200 valence electrons. The van der Waals surface area contributed by atoms with Crippen LogP contribution in [0.1, 0.15) is 22.3 Å². The van der Waals surface area contributed by atoms with E-state index in [0.29, 0.717) is 13.1 Å². The van der Waals surface area contributed by atoms with Gasteiger partial charge >= 0.3 is 0 Å². The van der Waals surface area contributed by atoms with Crippen LogP contribution in [0.3, 0.4) is 0 Å². The third kappa shape index (κ3) is 14.7. The summed E-state index contributed by atoms with van der Waals surface area (Å²) in [5.41, 5.74) is 9.31. The van der Waals surface area contributed by atoms with Crippen molar-refractivity contribution in [3.8, 4) is 0 Å². The number of hydrogen-bond acceptors (Lipinski definition) is 4. The van der Waals surface area contributed by atoms with Gasteiger partial charge in [-0.1, -0.05) is 121 Å². The lowest BCUT2D eigenvalue weighted by Crippen LogP contribution is -2.28. The van der Waals surface area contributed by atoms with Crippen molar-refractivity contribution in [3.05, 3.63) is 144 Å². The van der Waals surface area contributed by atoms with Gasteiger partial charge in [0, 0.05) is 26.2 Å². The number of benzene rings is 4. The van der Waals surface area contributed by atoms with Gasteiger partial charge in [0.1, 0.15) is 0 Å². The van der Waals surface area contributed by atoms with Gasteiger partial charge in [0.25, 0.3) is 10.3 Å². The van der Waals surface area contributed by atoms with Gasteiger partial charge in [0.2, 0.25) is 0 Å². The van der Waals surface area contributed by atoms with Gasteiger partial charge in [-0.2, -0.15) is 0 Å². The minimum atomic E-state index is -0.500. The van der Waals surface area contributed by atoms with Crippen LogP contribution in [0.25, 0.3) is 0 Å². The van der Waals surface area contributed by atoms with E-state index in [2.05, 4.69) is 71.8 Å². The highest BCUT2D eigenvalue weighted by Crippen LogP contribution is 2.10. The first-order chi connectivity index (χ1) is 17.9. The molecule has 8 N–H and O–H groups in total. The highest BCUT2D eigenvalue weighted by atomic mass is 32.1. The second-order valence-electron chi connectivity index (χ2n) is 8.02. The van der Waals surface area contributed by atoms with Crippen LogP contribution in [0, 0.1) is 0 Å². The molecule has 4 rings (SSSR count). The Balaban J connectivity index is 0.000000329. The van der Waals surface area contributed by atoms with Crippen molar-refractivity contribution >= 4 is 34.8 Å². The molecule has 4 aromatic carbocycles. The van der Waals surface area contributed by atoms with Crippen molar-refractivity contribution in [2.24, 2.45) is 5.73 Å². The largest absolute Gasteiger partial charge is 0.487 e. The molecule has 0 saturated carbocycles. The lowest BCUT2D eigenvalue weighted by atomic mass is 10.2. The van der Waals surface area contributed by atoms with E-state index in [-0.39, 0.29) is 11.3 Å². The number of hydrogen-bond donors (Lipinski definition) is 5. The van der Waals surface area contributed by atoms with Gasteiger partial charge in [-0.15, -0.1) is 0 Å². The standard InChI is InChI=1S/C15H15NOS.C14H15N.CH3NOS.H3N/c17-15(18)16(11-13-7-3-1-4-8-13)12-14-9-5-2-6-10-14;1-3-7-13(8-4-1)11-15-12-14-9-5-2-6-10-14;2-1(3)4;/h1-10H,11-12H2,(H,17,18);1-10,15H,11-12H2;(H3,2,3,4);1H3. The van der Waals surface area contributed by atoms with E-state index in [4.69, 9.17) is 17.3 Å². The molecule has 0 aliphatic carbocycles. The maximum Gasteiger partial charge on any atom is 0.257 e. The summed E-state index contributed by atoms with van der Waals surface area (Å²) in [7, 11) is 0. The molecule has 0 aliphatic heterocycles. The molecule has 0 bridgehead atoms. The summed E-state index contributed by atoms with van der Waals surface area (Å²) >= 11 is 8.77. The van der Waals surface area contributed by atoms with Crippen LogP contribution >= 0.6 is 24.4 Å². The Bertz CT molecular complexity index is 1080. The zero-order valence-electron chi connectivity index (χ0n) is 21.3. The van der Waals surface area contributed by atoms with E-state index < -0.39 is 5.17 Å². The molecule has 0 fully saturated rings. The van der Waals surface area contributed by atoms with Crippen LogP contribution in [-0.4, -0.2) is 25.5 Å². The van der Waals surface area contributed by atoms with Gasteiger partial charge in [0.15, 0.2) is 0 Å². The highest BCUT2D eigenvalue weighted by molar-refractivity contribution is 7.80. The molecule has 0 aromatic heterocycles. The van der Waals surface area contributed by atoms with Crippen molar-refractivity contribution < 1.29 is 10.2 Å². The Morgan fingerprint density at radius 2 is 0.842 bits per heavy atom. The van der Waals surface area contributed by atoms with Crippen LogP contribution in [0.15, 0.2) is 121 Å². The number of aliphatic hydroxyl groups excluding tert-OH is 2. The third-order valence-corrected chi connectivity index (χ3v) is 5.31. The topological polar surface area (TPSA) is 117 Å². The first-order valence-electron chi connectivity index (χ1n) is 11.8. The summed E-state index contributed by atoms with van der Waals surface area (Å²) in [6, 6.07) is 40.9. The Morgan fingerprint density at radius 3 is 1.11 bits per heavy atom. The van der Waals surface area contributed by atoms with Crippen LogP contribution in [0.4, 0.5) is 0 Å². The average Bonchev–Trinajstić information content (AvgIpc) is 2.91. The quantitative estimate of drug-likeness (QED) is 0.159. The maximum atomic E-state index is 9.59. The van der Waals surface area contributed by atoms with E-state index in [1.165, 1.54) is 11.1 Å². The molecule has 0 saturated heterocycles. The summed E-state index contributed by atoms with van der Waals surface area (Å²) in [5.74, 6) is 0. The fourth-order valence-corrected chi connectivity index (χ4v) is 3.47. The van der Waals surface area contributed by atoms with Crippen LogP contribution in [0.2, 0.25) is 0 Å². The monoisotopic (exact) mass is 548 g/mol. The summed E-state index contributed by atoms with van der Waals surface area (Å²) in [6.45, 7) is 3.08. The Hall–Kier alpha value is -3.82. The zero-order valence-corrected chi connectivity index (χ0v) is 23.0. The molecule has 0 aliphatic rings. The van der Waals surface area contributed by atoms with Crippen LogP contribution in [0.5, 0.6) is 0 Å². The van der Waals surface area contributed by atoms with Crippen molar-refractivity contribution in [1.82, 2.24) is 16.4 Å². The molecule has 0 radical (unpaired) electrons. The molecule has 4 aromatic rings. The molecule has 38 heavy (non-hydrogen) atoms. The Labute approximate surface area is 236 Å². The van der Waals surface area contributed by atoms with E-state index in [0.717, 1.165) is 24.2 Å². The zero-order chi connectivity index (χ0) is 26.7. The number of aliphatic hydroxyl groups is 2. The molecule has 0 heterocycles. The summed E-state index contributed by atoms with van der Waals surface area (Å²) in [5, 5.41) is 20.0. The summed E-state index contributed by atoms with van der Waals surface area (Å²) < 4.78 is 0. The second-order valence-corrected chi connectivity index (χ2v) is 8.81. The molecule has 8 heteroatoms. The van der Waals surface area contributed by atoms with Crippen molar-refractivity contribution in [2.45, 2.75) is 26.2 Å². The van der Waals surface area contributed by atoms with Gasteiger partial charge in [-0.3, -0.25) is 0 Å². The minimum absolute atomic E-state index is 0. The van der Waals surface area contributed by atoms with Crippen LogP contribution < -0.4 is 17.2 Å². The lowest BCUT2D eigenvalue weighted by molar-refractivity contribution is 0.332. The molecule has 0 unspecified atom stereocenters. The number of rotatable bonds is 8. The van der Waals surface area contributed by atoms with Gasteiger partial charge < -0.3 is 32.3 Å². The van der Waals surface area contributed by atoms with Gasteiger partial charge in [-0.05, 0) is 46.7 Å². The summed E-state index contributed by atoms with van der Waals surface area (Å²) in [6.07, 6.45) is 0. The van der Waals surface area contributed by atoms with Crippen molar-refractivity contribution in [3.63, 3.8) is 0 Å². The predicted octanol–water partition coefficient (Wildman–Crippen LogP) is 6.46. The van der Waals surface area contributed by atoms with E-state index in [1.807, 2.05) is 72.8 Å². The molecule has 0 atom stereocenters. The minimum Gasteiger partial charge on any atom is -0.487 e. The molecule has 0 spiro atoms. The Morgan fingerprint density at radius 1 is 0.579 bits per heavy atom. The lowest BCUT2D eigenvalue weighted by Gasteiger charge is -2.21. The van der Waals surface area contributed by atoms with E-state index in [1.54, 1.807) is 4.90 Å². The second kappa shape index (κ2) is 19.3. The molecular formula is C30H36N4O2S2. The van der Waals surface area contributed by atoms with E-state index in [9.17, 15) is 5.11 Å².